The second-order valence-electron chi connectivity index (χ2n) is 2.07. The van der Waals surface area contributed by atoms with Gasteiger partial charge in [0.05, 0.1) is 0 Å². The first-order valence-corrected chi connectivity index (χ1v) is 3.13. The normalized spacial score (nSPS) is 15.2. The van der Waals surface area contributed by atoms with Gasteiger partial charge in [-0.2, -0.15) is 0 Å². The molecule has 0 saturated carbocycles. The summed E-state index contributed by atoms with van der Waals surface area (Å²) in [6.07, 6.45) is 3.28. The smallest absolute Gasteiger partial charge is 0.0209 e. The van der Waals surface area contributed by atoms with E-state index >= 15 is 0 Å². The van der Waals surface area contributed by atoms with Gasteiger partial charge in [-0.25, -0.2) is 0 Å². The number of rotatable bonds is 3. The van der Waals surface area contributed by atoms with Crippen molar-refractivity contribution in [2.24, 2.45) is 11.7 Å². The highest BCUT2D eigenvalue weighted by Gasteiger charge is 2.00. The maximum Gasteiger partial charge on any atom is 0.0209 e. The first-order chi connectivity index (χ1) is 4.26. The van der Waals surface area contributed by atoms with Crippen LogP contribution in [0.4, 0.5) is 0 Å². The SMILES string of the molecule is C/C=C(/C=N)[C@@H](C)CN. The van der Waals surface area contributed by atoms with Gasteiger partial charge in [0.15, 0.2) is 0 Å². The van der Waals surface area contributed by atoms with E-state index in [-0.39, 0.29) is 0 Å². The molecule has 0 saturated heterocycles. The van der Waals surface area contributed by atoms with E-state index in [2.05, 4.69) is 0 Å². The minimum Gasteiger partial charge on any atom is -0.330 e. The first kappa shape index (κ1) is 8.37. The number of nitrogens with two attached hydrogens (primary N) is 1. The molecule has 0 aromatic carbocycles. The molecule has 0 aromatic heterocycles. The third-order valence-electron chi connectivity index (χ3n) is 1.42. The number of hydrogen-bond acceptors (Lipinski definition) is 2. The molecule has 0 radical (unpaired) electrons. The molecule has 0 rings (SSSR count). The van der Waals surface area contributed by atoms with E-state index in [1.54, 1.807) is 0 Å². The summed E-state index contributed by atoms with van der Waals surface area (Å²) >= 11 is 0. The molecule has 9 heavy (non-hydrogen) atoms. The fourth-order valence-corrected chi connectivity index (χ4v) is 0.646. The molecule has 52 valence electrons. The Hall–Kier alpha value is -0.630. The molecule has 0 heterocycles. The summed E-state index contributed by atoms with van der Waals surface area (Å²) in [5, 5.41) is 6.94. The monoisotopic (exact) mass is 126 g/mol. The van der Waals surface area contributed by atoms with Crippen LogP contribution in [0.1, 0.15) is 13.8 Å². The van der Waals surface area contributed by atoms with Gasteiger partial charge in [0, 0.05) is 6.21 Å². The standard InChI is InChI=1S/C7H14N2/c1-3-7(5-9)6(2)4-8/h3,5-6,9H,4,8H2,1-2H3/b7-3-,9-5?/t6-/m0/s1. The van der Waals surface area contributed by atoms with Crippen molar-refractivity contribution in [2.75, 3.05) is 6.54 Å². The molecule has 0 fully saturated rings. The lowest BCUT2D eigenvalue weighted by molar-refractivity contribution is 0.719. The van der Waals surface area contributed by atoms with Crippen LogP contribution in [-0.2, 0) is 0 Å². The molecular weight excluding hydrogens is 112 g/mol. The molecule has 0 bridgehead atoms. The average Bonchev–Trinajstić information content (AvgIpc) is 1.90. The molecule has 3 N–H and O–H groups in total. The van der Waals surface area contributed by atoms with Crippen molar-refractivity contribution in [1.82, 2.24) is 0 Å². The van der Waals surface area contributed by atoms with E-state index in [0.717, 1.165) is 5.57 Å². The molecule has 0 amide bonds. The maximum atomic E-state index is 6.94. The van der Waals surface area contributed by atoms with Gasteiger partial charge in [-0.05, 0) is 25.0 Å². The third-order valence-corrected chi connectivity index (χ3v) is 1.42. The molecule has 2 heteroatoms. The van der Waals surface area contributed by atoms with E-state index in [1.165, 1.54) is 6.21 Å². The molecular formula is C7H14N2. The van der Waals surface area contributed by atoms with Crippen LogP contribution in [0.15, 0.2) is 11.6 Å². The summed E-state index contributed by atoms with van der Waals surface area (Å²) < 4.78 is 0. The Morgan fingerprint density at radius 2 is 2.33 bits per heavy atom. The molecule has 1 atom stereocenters. The van der Waals surface area contributed by atoms with Gasteiger partial charge in [0.1, 0.15) is 0 Å². The van der Waals surface area contributed by atoms with Gasteiger partial charge in [0.25, 0.3) is 0 Å². The zero-order valence-corrected chi connectivity index (χ0v) is 6.02. The number of nitrogens with one attached hydrogen (secondary N) is 1. The summed E-state index contributed by atoms with van der Waals surface area (Å²) in [6, 6.07) is 0. The zero-order valence-electron chi connectivity index (χ0n) is 6.02. The highest BCUT2D eigenvalue weighted by Crippen LogP contribution is 2.04. The van der Waals surface area contributed by atoms with Crippen LogP contribution in [0.25, 0.3) is 0 Å². The van der Waals surface area contributed by atoms with E-state index < -0.39 is 0 Å². The fraction of sp³-hybridized carbons (Fsp3) is 0.571. The second kappa shape index (κ2) is 4.27. The van der Waals surface area contributed by atoms with E-state index in [1.807, 2.05) is 19.9 Å². The molecule has 0 unspecified atom stereocenters. The second-order valence-corrected chi connectivity index (χ2v) is 2.07. The zero-order chi connectivity index (χ0) is 7.28. The Labute approximate surface area is 56.3 Å². The quantitative estimate of drug-likeness (QED) is 0.548. The van der Waals surface area contributed by atoms with Crippen molar-refractivity contribution < 1.29 is 0 Å². The van der Waals surface area contributed by atoms with Crippen molar-refractivity contribution in [3.8, 4) is 0 Å². The van der Waals surface area contributed by atoms with Gasteiger partial charge in [-0.3, -0.25) is 0 Å². The minimum absolute atomic E-state index is 0.326. The highest BCUT2D eigenvalue weighted by atomic mass is 14.5. The summed E-state index contributed by atoms with van der Waals surface area (Å²) in [5.41, 5.74) is 6.39. The summed E-state index contributed by atoms with van der Waals surface area (Å²) in [6.45, 7) is 4.56. The average molecular weight is 126 g/mol. The van der Waals surface area contributed by atoms with E-state index in [9.17, 15) is 0 Å². The predicted octanol–water partition coefficient (Wildman–Crippen LogP) is 1.18. The first-order valence-electron chi connectivity index (χ1n) is 3.13. The lowest BCUT2D eigenvalue weighted by Crippen LogP contribution is -2.13. The Bertz CT molecular complexity index is 116. The number of hydrogen-bond donors (Lipinski definition) is 2. The predicted molar refractivity (Wildman–Crippen MR) is 40.8 cm³/mol. The van der Waals surface area contributed by atoms with Crippen molar-refractivity contribution in [2.45, 2.75) is 13.8 Å². The molecule has 0 spiro atoms. The van der Waals surface area contributed by atoms with Crippen LogP contribution >= 0.6 is 0 Å². The van der Waals surface area contributed by atoms with Gasteiger partial charge in [0.2, 0.25) is 0 Å². The van der Waals surface area contributed by atoms with Gasteiger partial charge in [-0.1, -0.05) is 13.0 Å². The van der Waals surface area contributed by atoms with E-state index in [0.29, 0.717) is 12.5 Å². The van der Waals surface area contributed by atoms with Crippen LogP contribution in [0.5, 0.6) is 0 Å². The number of allylic oxidation sites excluding steroid dienone is 1. The van der Waals surface area contributed by atoms with Crippen molar-refractivity contribution in [3.05, 3.63) is 11.6 Å². The Kier molecular flexibility index (Phi) is 3.97. The Morgan fingerprint density at radius 3 is 2.44 bits per heavy atom. The summed E-state index contributed by atoms with van der Waals surface area (Å²) in [7, 11) is 0. The Morgan fingerprint density at radius 1 is 1.78 bits per heavy atom. The van der Waals surface area contributed by atoms with Gasteiger partial charge < -0.3 is 11.1 Å². The maximum absolute atomic E-state index is 6.94. The summed E-state index contributed by atoms with van der Waals surface area (Å²) in [4.78, 5) is 0. The molecule has 0 aliphatic rings. The molecule has 0 aliphatic carbocycles. The van der Waals surface area contributed by atoms with Gasteiger partial charge in [-0.15, -0.1) is 0 Å². The van der Waals surface area contributed by atoms with Crippen LogP contribution in [-0.4, -0.2) is 12.8 Å². The van der Waals surface area contributed by atoms with Crippen molar-refractivity contribution >= 4 is 6.21 Å². The van der Waals surface area contributed by atoms with Gasteiger partial charge >= 0.3 is 0 Å². The van der Waals surface area contributed by atoms with Crippen LogP contribution in [0.3, 0.4) is 0 Å². The van der Waals surface area contributed by atoms with Crippen molar-refractivity contribution in [1.29, 1.82) is 5.41 Å². The lowest BCUT2D eigenvalue weighted by Gasteiger charge is -2.06. The summed E-state index contributed by atoms with van der Waals surface area (Å²) in [5.74, 6) is 0.326. The molecule has 0 aliphatic heterocycles. The minimum atomic E-state index is 0.326. The molecule has 0 aromatic rings. The fourth-order valence-electron chi connectivity index (χ4n) is 0.646. The lowest BCUT2D eigenvalue weighted by atomic mass is 10.0. The molecule has 2 nitrogen and oxygen atoms in total. The topological polar surface area (TPSA) is 49.9 Å². The third kappa shape index (κ3) is 2.42. The highest BCUT2D eigenvalue weighted by molar-refractivity contribution is 5.76. The van der Waals surface area contributed by atoms with Crippen molar-refractivity contribution in [3.63, 3.8) is 0 Å². The largest absolute Gasteiger partial charge is 0.330 e. The van der Waals surface area contributed by atoms with Crippen LogP contribution in [0.2, 0.25) is 0 Å². The van der Waals surface area contributed by atoms with E-state index in [4.69, 9.17) is 11.1 Å². The van der Waals surface area contributed by atoms with Crippen LogP contribution < -0.4 is 5.73 Å². The van der Waals surface area contributed by atoms with Crippen LogP contribution in [0, 0.1) is 11.3 Å². The Balaban J connectivity index is 3.95.